The van der Waals surface area contributed by atoms with E-state index in [4.69, 9.17) is 9.47 Å². The zero-order valence-electron chi connectivity index (χ0n) is 17.6. The summed E-state index contributed by atoms with van der Waals surface area (Å²) in [5, 5.41) is 6.65. The second-order valence-corrected chi connectivity index (χ2v) is 7.82. The minimum atomic E-state index is -0.257. The van der Waals surface area contributed by atoms with Crippen LogP contribution in [0.15, 0.2) is 48.5 Å². The van der Waals surface area contributed by atoms with Gasteiger partial charge in [-0.15, -0.1) is 0 Å². The van der Waals surface area contributed by atoms with Crippen LogP contribution in [0.1, 0.15) is 43.4 Å². The Morgan fingerprint density at radius 1 is 1.03 bits per heavy atom. The van der Waals surface area contributed by atoms with Crippen molar-refractivity contribution in [2.24, 2.45) is 11.8 Å². The molecule has 1 unspecified atom stereocenters. The number of nitrogens with one attached hydrogen (secondary N) is 2. The summed E-state index contributed by atoms with van der Waals surface area (Å²) >= 11 is 0. The topological polar surface area (TPSA) is 59.6 Å². The molecule has 3 rings (SSSR count). The van der Waals surface area contributed by atoms with Gasteiger partial charge in [0.25, 0.3) is 0 Å². The number of ether oxygens (including phenoxy) is 2. The third-order valence-electron chi connectivity index (χ3n) is 5.86. The zero-order valence-corrected chi connectivity index (χ0v) is 17.6. The Bertz CT molecular complexity index is 755. The monoisotopic (exact) mass is 396 g/mol. The lowest BCUT2D eigenvalue weighted by molar-refractivity contribution is -0.122. The van der Waals surface area contributed by atoms with Gasteiger partial charge in [0.05, 0.1) is 20.3 Å². The lowest BCUT2D eigenvalue weighted by Gasteiger charge is -2.28. The highest BCUT2D eigenvalue weighted by molar-refractivity contribution is 5.77. The van der Waals surface area contributed by atoms with Crippen molar-refractivity contribution in [3.8, 4) is 11.5 Å². The van der Waals surface area contributed by atoms with Gasteiger partial charge in [-0.05, 0) is 73.2 Å². The van der Waals surface area contributed by atoms with Crippen LogP contribution in [0.5, 0.6) is 11.5 Å². The van der Waals surface area contributed by atoms with Gasteiger partial charge in [-0.2, -0.15) is 0 Å². The molecule has 1 amide bonds. The predicted molar refractivity (Wildman–Crippen MR) is 115 cm³/mol. The normalized spacial score (nSPS) is 15.7. The van der Waals surface area contributed by atoms with Gasteiger partial charge in [0.2, 0.25) is 5.91 Å². The molecule has 1 aliphatic heterocycles. The summed E-state index contributed by atoms with van der Waals surface area (Å²) < 4.78 is 10.8. The first-order chi connectivity index (χ1) is 14.1. The van der Waals surface area contributed by atoms with Crippen LogP contribution >= 0.6 is 0 Å². The molecule has 0 spiro atoms. The second-order valence-electron chi connectivity index (χ2n) is 7.82. The van der Waals surface area contributed by atoms with E-state index < -0.39 is 0 Å². The SMILES string of the molecule is COc1cccc(C(NC(=O)CC(C)C2CCNCC2)c2cccc(OC)c2)c1. The highest BCUT2D eigenvalue weighted by atomic mass is 16.5. The Balaban J connectivity index is 1.79. The molecule has 1 aliphatic rings. The van der Waals surface area contributed by atoms with Gasteiger partial charge in [0, 0.05) is 6.42 Å². The molecule has 0 aromatic heterocycles. The van der Waals surface area contributed by atoms with E-state index in [1.54, 1.807) is 14.2 Å². The first-order valence-corrected chi connectivity index (χ1v) is 10.4. The number of carbonyl (C=O) groups is 1. The van der Waals surface area contributed by atoms with Crippen molar-refractivity contribution in [1.82, 2.24) is 10.6 Å². The molecule has 0 aliphatic carbocycles. The molecule has 29 heavy (non-hydrogen) atoms. The predicted octanol–water partition coefficient (Wildman–Crippen LogP) is 3.94. The average molecular weight is 397 g/mol. The van der Waals surface area contributed by atoms with E-state index >= 15 is 0 Å². The number of amides is 1. The van der Waals surface area contributed by atoms with Crippen molar-refractivity contribution in [1.29, 1.82) is 0 Å². The molecule has 5 heteroatoms. The fraction of sp³-hybridized carbons (Fsp3) is 0.458. The summed E-state index contributed by atoms with van der Waals surface area (Å²) in [6.45, 7) is 4.29. The standard InChI is InChI=1S/C24H32N2O3/c1-17(18-10-12-25-13-11-18)14-23(27)26-24(19-6-4-8-21(15-19)28-2)20-7-5-9-22(16-20)29-3/h4-9,15-18,24-25H,10-14H2,1-3H3,(H,26,27). The van der Waals surface area contributed by atoms with Crippen molar-refractivity contribution in [2.75, 3.05) is 27.3 Å². The van der Waals surface area contributed by atoms with Crippen LogP contribution < -0.4 is 20.1 Å². The largest absolute Gasteiger partial charge is 0.497 e. The number of hydrogen-bond donors (Lipinski definition) is 2. The van der Waals surface area contributed by atoms with Crippen LogP contribution in [0, 0.1) is 11.8 Å². The quantitative estimate of drug-likeness (QED) is 0.710. The van der Waals surface area contributed by atoms with Gasteiger partial charge in [0.15, 0.2) is 0 Å². The smallest absolute Gasteiger partial charge is 0.221 e. The van der Waals surface area contributed by atoms with Crippen molar-refractivity contribution in [3.05, 3.63) is 59.7 Å². The average Bonchev–Trinajstić information content (AvgIpc) is 2.78. The molecule has 2 N–H and O–H groups in total. The molecule has 5 nitrogen and oxygen atoms in total. The minimum Gasteiger partial charge on any atom is -0.497 e. The molecule has 156 valence electrons. The van der Waals surface area contributed by atoms with Gasteiger partial charge >= 0.3 is 0 Å². The first-order valence-electron chi connectivity index (χ1n) is 10.4. The van der Waals surface area contributed by atoms with Crippen LogP contribution in [0.4, 0.5) is 0 Å². The number of methoxy groups -OCH3 is 2. The van der Waals surface area contributed by atoms with Crippen LogP contribution in [0.25, 0.3) is 0 Å². The number of benzene rings is 2. The van der Waals surface area contributed by atoms with Crippen LogP contribution in [0.3, 0.4) is 0 Å². The highest BCUT2D eigenvalue weighted by Gasteiger charge is 2.24. The third kappa shape index (κ3) is 5.73. The molecule has 2 aromatic rings. The van der Waals surface area contributed by atoms with Gasteiger partial charge in [-0.25, -0.2) is 0 Å². The molecule has 1 heterocycles. The summed E-state index contributed by atoms with van der Waals surface area (Å²) in [5.41, 5.74) is 1.97. The summed E-state index contributed by atoms with van der Waals surface area (Å²) in [4.78, 5) is 13.0. The Hall–Kier alpha value is -2.53. The number of rotatable bonds is 8. The lowest BCUT2D eigenvalue weighted by Crippen LogP contribution is -2.35. The highest BCUT2D eigenvalue weighted by Crippen LogP contribution is 2.29. The molecule has 1 atom stereocenters. The Kier molecular flexibility index (Phi) is 7.53. The Labute approximate surface area is 173 Å². The van der Waals surface area contributed by atoms with Gasteiger partial charge in [-0.3, -0.25) is 4.79 Å². The maximum Gasteiger partial charge on any atom is 0.221 e. The Morgan fingerprint density at radius 3 is 2.10 bits per heavy atom. The van der Waals surface area contributed by atoms with E-state index in [2.05, 4.69) is 17.6 Å². The van der Waals surface area contributed by atoms with Crippen molar-refractivity contribution >= 4 is 5.91 Å². The second kappa shape index (κ2) is 10.3. The van der Waals surface area contributed by atoms with Crippen LogP contribution in [-0.2, 0) is 4.79 Å². The van der Waals surface area contributed by atoms with Crippen molar-refractivity contribution in [3.63, 3.8) is 0 Å². The summed E-state index contributed by atoms with van der Waals surface area (Å²) in [6.07, 6.45) is 2.82. The fourth-order valence-corrected chi connectivity index (χ4v) is 4.09. The number of carbonyl (C=O) groups excluding carboxylic acids is 1. The molecule has 1 saturated heterocycles. The minimum absolute atomic E-state index is 0.0756. The summed E-state index contributed by atoms with van der Waals surface area (Å²) in [6, 6.07) is 15.4. The Morgan fingerprint density at radius 2 is 1.59 bits per heavy atom. The van der Waals surface area contributed by atoms with Gasteiger partial charge in [-0.1, -0.05) is 31.2 Å². The molecule has 1 fully saturated rings. The summed E-state index contributed by atoms with van der Waals surface area (Å²) in [7, 11) is 3.30. The molecule has 2 aromatic carbocycles. The maximum absolute atomic E-state index is 13.0. The summed E-state index contributed by atoms with van der Waals surface area (Å²) in [5.74, 6) is 2.59. The fourth-order valence-electron chi connectivity index (χ4n) is 4.09. The first kappa shape index (κ1) is 21.2. The van der Waals surface area contributed by atoms with E-state index in [-0.39, 0.29) is 11.9 Å². The van der Waals surface area contributed by atoms with E-state index in [0.29, 0.717) is 18.3 Å². The zero-order chi connectivity index (χ0) is 20.6. The molecular weight excluding hydrogens is 364 g/mol. The van der Waals surface area contributed by atoms with Crippen LogP contribution in [-0.4, -0.2) is 33.2 Å². The van der Waals surface area contributed by atoms with Gasteiger partial charge < -0.3 is 20.1 Å². The maximum atomic E-state index is 13.0. The molecule has 0 bridgehead atoms. The van der Waals surface area contributed by atoms with E-state index in [0.717, 1.165) is 48.6 Å². The molecule has 0 saturated carbocycles. The number of hydrogen-bond acceptors (Lipinski definition) is 4. The third-order valence-corrected chi connectivity index (χ3v) is 5.86. The van der Waals surface area contributed by atoms with E-state index in [1.807, 2.05) is 48.5 Å². The van der Waals surface area contributed by atoms with Crippen LogP contribution in [0.2, 0.25) is 0 Å². The van der Waals surface area contributed by atoms with Crippen molar-refractivity contribution < 1.29 is 14.3 Å². The lowest BCUT2D eigenvalue weighted by atomic mass is 9.84. The van der Waals surface area contributed by atoms with E-state index in [1.165, 1.54) is 0 Å². The molecular formula is C24H32N2O3. The van der Waals surface area contributed by atoms with E-state index in [9.17, 15) is 4.79 Å². The van der Waals surface area contributed by atoms with Crippen molar-refractivity contribution in [2.45, 2.75) is 32.2 Å². The van der Waals surface area contributed by atoms with Gasteiger partial charge in [0.1, 0.15) is 11.5 Å². The number of piperidine rings is 1. The molecule has 0 radical (unpaired) electrons.